The summed E-state index contributed by atoms with van der Waals surface area (Å²) in [5.74, 6) is 2.23. The molecule has 0 rings (SSSR count). The molecule has 0 unspecified atom stereocenters. The zero-order valence-electron chi connectivity index (χ0n) is 9.25. The Balaban J connectivity index is 4.45. The Labute approximate surface area is 91.3 Å². The second-order valence-electron chi connectivity index (χ2n) is 2.92. The smallest absolute Gasteiger partial charge is 0.310 e. The van der Waals surface area contributed by atoms with E-state index < -0.39 is 0 Å². The van der Waals surface area contributed by atoms with Gasteiger partial charge in [0.05, 0.1) is 13.0 Å². The maximum atomic E-state index is 11.2. The van der Waals surface area contributed by atoms with Crippen LogP contribution in [0.25, 0.3) is 0 Å². The molecule has 2 nitrogen and oxygen atoms in total. The topological polar surface area (TPSA) is 26.3 Å². The molecular formula is C13H16O2. The minimum atomic E-state index is -0.254. The molecule has 0 aliphatic heterocycles. The van der Waals surface area contributed by atoms with Crippen LogP contribution in [0.2, 0.25) is 0 Å². The first-order chi connectivity index (χ1) is 7.13. The van der Waals surface area contributed by atoms with Gasteiger partial charge < -0.3 is 4.74 Å². The molecule has 0 fully saturated rings. The zero-order valence-corrected chi connectivity index (χ0v) is 9.25. The van der Waals surface area contributed by atoms with Crippen LogP contribution in [-0.2, 0) is 9.53 Å². The van der Waals surface area contributed by atoms with Gasteiger partial charge >= 0.3 is 5.97 Å². The van der Waals surface area contributed by atoms with Crippen molar-refractivity contribution < 1.29 is 9.53 Å². The predicted octanol–water partition coefficient (Wildman–Crippen LogP) is 2.63. The second-order valence-corrected chi connectivity index (χ2v) is 2.92. The Bertz CT molecular complexity index is 327. The molecule has 0 aromatic rings. The van der Waals surface area contributed by atoms with E-state index in [2.05, 4.69) is 12.5 Å². The van der Waals surface area contributed by atoms with Gasteiger partial charge in [0.15, 0.2) is 0 Å². The third-order valence-corrected chi connectivity index (χ3v) is 1.69. The number of esters is 1. The molecule has 0 aliphatic carbocycles. The van der Waals surface area contributed by atoms with E-state index in [9.17, 15) is 4.79 Å². The fourth-order valence-corrected chi connectivity index (χ4v) is 0.858. The summed E-state index contributed by atoms with van der Waals surface area (Å²) >= 11 is 0. The molecule has 0 saturated heterocycles. The lowest BCUT2D eigenvalue weighted by Gasteiger charge is -2.01. The van der Waals surface area contributed by atoms with Crippen LogP contribution < -0.4 is 0 Å². The Kier molecular flexibility index (Phi) is 6.74. The van der Waals surface area contributed by atoms with E-state index in [1.54, 1.807) is 25.2 Å². The van der Waals surface area contributed by atoms with Crippen molar-refractivity contribution in [3.63, 3.8) is 0 Å². The number of rotatable bonds is 5. The van der Waals surface area contributed by atoms with E-state index in [1.165, 1.54) is 0 Å². The predicted molar refractivity (Wildman–Crippen MR) is 62.1 cm³/mol. The molecule has 15 heavy (non-hydrogen) atoms. The van der Waals surface area contributed by atoms with Gasteiger partial charge in [-0.2, -0.15) is 0 Å². The van der Waals surface area contributed by atoms with Crippen LogP contribution in [-0.4, -0.2) is 12.6 Å². The Morgan fingerprint density at radius 3 is 2.67 bits per heavy atom. The van der Waals surface area contributed by atoms with Crippen molar-refractivity contribution in [2.45, 2.75) is 20.3 Å². The molecule has 0 saturated carbocycles. The van der Waals surface area contributed by atoms with Crippen LogP contribution in [0.15, 0.2) is 36.0 Å². The second kappa shape index (κ2) is 7.64. The number of terminal acetylenes is 1. The van der Waals surface area contributed by atoms with E-state index in [0.717, 1.165) is 11.1 Å². The first-order valence-electron chi connectivity index (χ1n) is 4.76. The van der Waals surface area contributed by atoms with Crippen molar-refractivity contribution in [1.29, 1.82) is 0 Å². The molecule has 80 valence electrons. The molecule has 0 aromatic carbocycles. The standard InChI is InChI=1S/C13H16O2/c1-5-11(4)8-9-12(6-2)10-13(14)15-7-3/h1,6,8-9H,2,7,10H2,3-4H3/b11-8+,12-9+. The number of carbonyl (C=O) groups is 1. The van der Waals surface area contributed by atoms with Gasteiger partial charge in [-0.1, -0.05) is 30.7 Å². The lowest BCUT2D eigenvalue weighted by atomic mass is 10.1. The SMILES string of the molecule is C#C/C(C)=C/C=C(\C=C)CC(=O)OCC. The highest BCUT2D eigenvalue weighted by Crippen LogP contribution is 2.05. The van der Waals surface area contributed by atoms with Gasteiger partial charge in [0.2, 0.25) is 0 Å². The van der Waals surface area contributed by atoms with Crippen LogP contribution in [0.5, 0.6) is 0 Å². The maximum absolute atomic E-state index is 11.2. The summed E-state index contributed by atoms with van der Waals surface area (Å²) in [5.41, 5.74) is 1.60. The van der Waals surface area contributed by atoms with Gasteiger partial charge in [-0.15, -0.1) is 6.42 Å². The molecule has 0 atom stereocenters. The lowest BCUT2D eigenvalue weighted by Crippen LogP contribution is -2.04. The highest BCUT2D eigenvalue weighted by molar-refractivity contribution is 5.73. The first-order valence-corrected chi connectivity index (χ1v) is 4.76. The highest BCUT2D eigenvalue weighted by Gasteiger charge is 2.02. The van der Waals surface area contributed by atoms with E-state index >= 15 is 0 Å². The van der Waals surface area contributed by atoms with Crippen LogP contribution in [0.3, 0.4) is 0 Å². The zero-order chi connectivity index (χ0) is 11.7. The van der Waals surface area contributed by atoms with Crippen molar-refractivity contribution in [1.82, 2.24) is 0 Å². The summed E-state index contributed by atoms with van der Waals surface area (Å²) in [5, 5.41) is 0. The van der Waals surface area contributed by atoms with E-state index in [1.807, 2.05) is 6.92 Å². The molecular weight excluding hydrogens is 188 g/mol. The van der Waals surface area contributed by atoms with E-state index in [0.29, 0.717) is 6.61 Å². The summed E-state index contributed by atoms with van der Waals surface area (Å²) in [6.45, 7) is 7.61. The first kappa shape index (κ1) is 13.2. The average Bonchev–Trinajstić information content (AvgIpc) is 2.23. The van der Waals surface area contributed by atoms with Crippen molar-refractivity contribution in [3.8, 4) is 12.3 Å². The molecule has 0 aromatic heterocycles. The molecule has 0 radical (unpaired) electrons. The Morgan fingerprint density at radius 2 is 2.20 bits per heavy atom. The van der Waals surface area contributed by atoms with Crippen LogP contribution in [0.1, 0.15) is 20.3 Å². The lowest BCUT2D eigenvalue weighted by molar-refractivity contribution is -0.142. The normalized spacial score (nSPS) is 11.8. The Hall–Kier alpha value is -1.75. The van der Waals surface area contributed by atoms with Crippen molar-refractivity contribution >= 4 is 5.97 Å². The molecule has 0 spiro atoms. The average molecular weight is 204 g/mol. The van der Waals surface area contributed by atoms with Crippen LogP contribution in [0, 0.1) is 12.3 Å². The van der Waals surface area contributed by atoms with Crippen molar-refractivity contribution in [3.05, 3.63) is 36.0 Å². The van der Waals surface area contributed by atoms with Gasteiger partial charge in [0.25, 0.3) is 0 Å². The van der Waals surface area contributed by atoms with Gasteiger partial charge in [-0.05, 0) is 25.0 Å². The third kappa shape index (κ3) is 6.34. The molecule has 0 amide bonds. The summed E-state index contributed by atoms with van der Waals surface area (Å²) in [4.78, 5) is 11.2. The summed E-state index contributed by atoms with van der Waals surface area (Å²) in [6, 6.07) is 0. The van der Waals surface area contributed by atoms with E-state index in [4.69, 9.17) is 11.2 Å². The van der Waals surface area contributed by atoms with Gasteiger partial charge in [0.1, 0.15) is 0 Å². The van der Waals surface area contributed by atoms with Gasteiger partial charge in [-0.3, -0.25) is 4.79 Å². The summed E-state index contributed by atoms with van der Waals surface area (Å²) in [7, 11) is 0. The summed E-state index contributed by atoms with van der Waals surface area (Å²) < 4.78 is 4.82. The molecule has 0 N–H and O–H groups in total. The minimum Gasteiger partial charge on any atom is -0.466 e. The fourth-order valence-electron chi connectivity index (χ4n) is 0.858. The molecule has 0 bridgehead atoms. The van der Waals surface area contributed by atoms with Crippen LogP contribution >= 0.6 is 0 Å². The number of hydrogen-bond acceptors (Lipinski definition) is 2. The highest BCUT2D eigenvalue weighted by atomic mass is 16.5. The van der Waals surface area contributed by atoms with Crippen molar-refractivity contribution in [2.75, 3.05) is 6.61 Å². The monoisotopic (exact) mass is 204 g/mol. The molecule has 0 aliphatic rings. The summed E-state index contributed by atoms with van der Waals surface area (Å²) in [6.07, 6.45) is 10.6. The molecule has 2 heteroatoms. The van der Waals surface area contributed by atoms with Gasteiger partial charge in [-0.25, -0.2) is 0 Å². The number of ether oxygens (including phenoxy) is 1. The number of hydrogen-bond donors (Lipinski definition) is 0. The molecule has 0 heterocycles. The van der Waals surface area contributed by atoms with E-state index in [-0.39, 0.29) is 12.4 Å². The van der Waals surface area contributed by atoms with Crippen molar-refractivity contribution in [2.24, 2.45) is 0 Å². The largest absolute Gasteiger partial charge is 0.466 e. The number of carbonyl (C=O) groups excluding carboxylic acids is 1. The minimum absolute atomic E-state index is 0.228. The Morgan fingerprint density at radius 1 is 1.53 bits per heavy atom. The fraction of sp³-hybridized carbons (Fsp3) is 0.308. The van der Waals surface area contributed by atoms with Crippen LogP contribution in [0.4, 0.5) is 0 Å². The third-order valence-electron chi connectivity index (χ3n) is 1.69. The number of allylic oxidation sites excluding steroid dienone is 4. The van der Waals surface area contributed by atoms with Gasteiger partial charge in [0, 0.05) is 0 Å². The maximum Gasteiger partial charge on any atom is 0.310 e. The quantitative estimate of drug-likeness (QED) is 0.391.